The van der Waals surface area contributed by atoms with Gasteiger partial charge in [-0.2, -0.15) is 0 Å². The average Bonchev–Trinajstić information content (AvgIpc) is 1.84. The molecule has 0 bridgehead atoms. The molecular formula is C7H12O4. The van der Waals surface area contributed by atoms with Gasteiger partial charge in [0.15, 0.2) is 0 Å². The van der Waals surface area contributed by atoms with Crippen LogP contribution in [0.3, 0.4) is 0 Å². The van der Waals surface area contributed by atoms with Gasteiger partial charge in [-0.1, -0.05) is 0 Å². The van der Waals surface area contributed by atoms with Crippen molar-refractivity contribution < 1.29 is 19.7 Å². The minimum Gasteiger partial charge on any atom is -0.435 e. The molecule has 0 aromatic rings. The van der Waals surface area contributed by atoms with Gasteiger partial charge in [0.1, 0.15) is 0 Å². The third-order valence-electron chi connectivity index (χ3n) is 2.03. The first-order valence-corrected chi connectivity index (χ1v) is 3.52. The molecule has 0 amide bonds. The van der Waals surface area contributed by atoms with Crippen LogP contribution in [-0.2, 0) is 9.53 Å². The summed E-state index contributed by atoms with van der Waals surface area (Å²) in [7, 11) is 0. The Kier molecular flexibility index (Phi) is 1.90. The lowest BCUT2D eigenvalue weighted by Gasteiger charge is -2.35. The van der Waals surface area contributed by atoms with Gasteiger partial charge in [0.2, 0.25) is 6.29 Å². The molecule has 2 unspecified atom stereocenters. The molecule has 4 heteroatoms. The van der Waals surface area contributed by atoms with Crippen molar-refractivity contribution in [1.29, 1.82) is 0 Å². The normalized spacial score (nSPS) is 36.5. The van der Waals surface area contributed by atoms with Gasteiger partial charge in [-0.15, -0.1) is 0 Å². The molecular weight excluding hydrogens is 148 g/mol. The highest BCUT2D eigenvalue weighted by Crippen LogP contribution is 2.30. The molecule has 2 atom stereocenters. The molecule has 0 saturated carbocycles. The molecule has 1 saturated heterocycles. The predicted molar refractivity (Wildman–Crippen MR) is 36.5 cm³/mol. The van der Waals surface area contributed by atoms with Crippen LogP contribution in [0.5, 0.6) is 0 Å². The van der Waals surface area contributed by atoms with Gasteiger partial charge in [0, 0.05) is 6.42 Å². The summed E-state index contributed by atoms with van der Waals surface area (Å²) in [6.07, 6.45) is -1.87. The van der Waals surface area contributed by atoms with E-state index >= 15 is 0 Å². The van der Waals surface area contributed by atoms with E-state index < -0.39 is 23.8 Å². The largest absolute Gasteiger partial charge is 0.435 e. The van der Waals surface area contributed by atoms with Crippen molar-refractivity contribution in [2.75, 3.05) is 0 Å². The predicted octanol–water partition coefficient (Wildman–Crippen LogP) is -0.361. The van der Waals surface area contributed by atoms with Crippen LogP contribution in [0.2, 0.25) is 0 Å². The summed E-state index contributed by atoms with van der Waals surface area (Å²) in [5.41, 5.74) is -0.890. The molecule has 0 aromatic heterocycles. The van der Waals surface area contributed by atoms with E-state index in [2.05, 4.69) is 4.74 Å². The van der Waals surface area contributed by atoms with Crippen molar-refractivity contribution >= 4 is 5.97 Å². The third-order valence-corrected chi connectivity index (χ3v) is 2.03. The van der Waals surface area contributed by atoms with Crippen molar-refractivity contribution in [3.63, 3.8) is 0 Å². The van der Waals surface area contributed by atoms with Gasteiger partial charge >= 0.3 is 5.97 Å². The summed E-state index contributed by atoms with van der Waals surface area (Å²) in [5.74, 6) is -0.552. The van der Waals surface area contributed by atoms with Crippen molar-refractivity contribution in [2.45, 2.75) is 32.7 Å². The van der Waals surface area contributed by atoms with Crippen LogP contribution in [0.4, 0.5) is 0 Å². The fourth-order valence-corrected chi connectivity index (χ4v) is 0.945. The number of carbonyl (C=O) groups excluding carboxylic acids is 1. The van der Waals surface area contributed by atoms with Crippen LogP contribution in [0.1, 0.15) is 20.3 Å². The van der Waals surface area contributed by atoms with E-state index in [9.17, 15) is 9.90 Å². The maximum Gasteiger partial charge on any atom is 0.316 e. The molecule has 1 heterocycles. The summed E-state index contributed by atoms with van der Waals surface area (Å²) in [6, 6.07) is 0. The lowest BCUT2D eigenvalue weighted by Crippen LogP contribution is -2.47. The van der Waals surface area contributed by atoms with Gasteiger partial charge in [0.25, 0.3) is 0 Å². The van der Waals surface area contributed by atoms with E-state index in [1.54, 1.807) is 13.8 Å². The minimum absolute atomic E-state index is 0.0960. The number of cyclic esters (lactones) is 1. The van der Waals surface area contributed by atoms with Crippen molar-refractivity contribution in [3.8, 4) is 0 Å². The van der Waals surface area contributed by atoms with E-state index in [4.69, 9.17) is 5.11 Å². The minimum atomic E-state index is -1.15. The second-order valence-electron chi connectivity index (χ2n) is 3.33. The van der Waals surface area contributed by atoms with Gasteiger partial charge in [-0.3, -0.25) is 4.79 Å². The smallest absolute Gasteiger partial charge is 0.316 e. The molecule has 0 aromatic carbocycles. The van der Waals surface area contributed by atoms with E-state index in [0.29, 0.717) is 0 Å². The Morgan fingerprint density at radius 2 is 2.09 bits per heavy atom. The van der Waals surface area contributed by atoms with Crippen molar-refractivity contribution in [1.82, 2.24) is 0 Å². The summed E-state index contributed by atoms with van der Waals surface area (Å²) in [5, 5.41) is 18.2. The van der Waals surface area contributed by atoms with Crippen LogP contribution in [0.25, 0.3) is 0 Å². The van der Waals surface area contributed by atoms with E-state index in [-0.39, 0.29) is 6.42 Å². The average molecular weight is 160 g/mol. The Bertz CT molecular complexity index is 175. The number of aliphatic hydroxyl groups excluding tert-OH is 2. The molecule has 4 nitrogen and oxygen atoms in total. The highest BCUT2D eigenvalue weighted by atomic mass is 16.6. The molecule has 11 heavy (non-hydrogen) atoms. The first kappa shape index (κ1) is 8.49. The number of ether oxygens (including phenoxy) is 1. The zero-order chi connectivity index (χ0) is 8.65. The maximum atomic E-state index is 11.0. The first-order chi connectivity index (χ1) is 4.94. The Morgan fingerprint density at radius 3 is 2.55 bits per heavy atom. The quantitative estimate of drug-likeness (QED) is 0.475. The number of aliphatic hydroxyl groups is 2. The topological polar surface area (TPSA) is 66.8 Å². The fraction of sp³-hybridized carbons (Fsp3) is 0.857. The standard InChI is InChI=1S/C7H12O4/c1-7(2)4(8)3-5(9)11-6(7)10/h4-5,8-9H,3H2,1-2H3. The summed E-state index contributed by atoms with van der Waals surface area (Å²) in [4.78, 5) is 11.0. The van der Waals surface area contributed by atoms with Crippen LogP contribution in [0, 0.1) is 5.41 Å². The highest BCUT2D eigenvalue weighted by molar-refractivity contribution is 5.77. The zero-order valence-corrected chi connectivity index (χ0v) is 6.57. The molecule has 0 aliphatic carbocycles. The first-order valence-electron chi connectivity index (χ1n) is 3.52. The molecule has 1 aliphatic heterocycles. The van der Waals surface area contributed by atoms with Crippen LogP contribution >= 0.6 is 0 Å². The fourth-order valence-electron chi connectivity index (χ4n) is 0.945. The Hall–Kier alpha value is -0.610. The molecule has 1 aliphatic rings. The number of esters is 1. The lowest BCUT2D eigenvalue weighted by molar-refractivity contribution is -0.208. The van der Waals surface area contributed by atoms with E-state index in [1.807, 2.05) is 0 Å². The van der Waals surface area contributed by atoms with Crippen LogP contribution in [-0.4, -0.2) is 28.6 Å². The summed E-state index contributed by atoms with van der Waals surface area (Å²) < 4.78 is 4.53. The molecule has 1 rings (SSSR count). The number of carbonyl (C=O) groups is 1. The Balaban J connectivity index is 2.76. The van der Waals surface area contributed by atoms with E-state index in [0.717, 1.165) is 0 Å². The summed E-state index contributed by atoms with van der Waals surface area (Å²) in [6.45, 7) is 3.18. The second kappa shape index (κ2) is 2.46. The second-order valence-corrected chi connectivity index (χ2v) is 3.33. The molecule has 2 N–H and O–H groups in total. The third kappa shape index (κ3) is 1.36. The van der Waals surface area contributed by atoms with E-state index in [1.165, 1.54) is 0 Å². The van der Waals surface area contributed by atoms with Gasteiger partial charge in [-0.05, 0) is 13.8 Å². The maximum absolute atomic E-state index is 11.0. The SMILES string of the molecule is CC1(C)C(=O)OC(O)CC1O. The highest BCUT2D eigenvalue weighted by Gasteiger charge is 2.43. The Morgan fingerprint density at radius 1 is 1.55 bits per heavy atom. The van der Waals surface area contributed by atoms with Gasteiger partial charge < -0.3 is 14.9 Å². The Labute approximate surface area is 64.8 Å². The molecule has 0 spiro atoms. The van der Waals surface area contributed by atoms with Crippen LogP contribution < -0.4 is 0 Å². The molecule has 1 fully saturated rings. The van der Waals surface area contributed by atoms with Crippen molar-refractivity contribution in [3.05, 3.63) is 0 Å². The number of hydrogen-bond acceptors (Lipinski definition) is 4. The molecule has 0 radical (unpaired) electrons. The summed E-state index contributed by atoms with van der Waals surface area (Å²) >= 11 is 0. The molecule has 64 valence electrons. The zero-order valence-electron chi connectivity index (χ0n) is 6.57. The van der Waals surface area contributed by atoms with Crippen LogP contribution in [0.15, 0.2) is 0 Å². The van der Waals surface area contributed by atoms with Crippen molar-refractivity contribution in [2.24, 2.45) is 5.41 Å². The number of rotatable bonds is 0. The van der Waals surface area contributed by atoms with Gasteiger partial charge in [-0.25, -0.2) is 0 Å². The lowest BCUT2D eigenvalue weighted by atomic mass is 9.83. The number of hydrogen-bond donors (Lipinski definition) is 2. The van der Waals surface area contributed by atoms with Gasteiger partial charge in [0.05, 0.1) is 11.5 Å². The monoisotopic (exact) mass is 160 g/mol.